The summed E-state index contributed by atoms with van der Waals surface area (Å²) >= 11 is 0. The van der Waals surface area contributed by atoms with Crippen LogP contribution in [0, 0.1) is 17.8 Å². The van der Waals surface area contributed by atoms with Crippen LogP contribution < -0.4 is 5.73 Å². The summed E-state index contributed by atoms with van der Waals surface area (Å²) in [5.74, 6) is -6.82. The highest BCUT2D eigenvalue weighted by molar-refractivity contribution is 5.71. The first-order valence-corrected chi connectivity index (χ1v) is 26.5. The van der Waals surface area contributed by atoms with Crippen molar-refractivity contribution in [2.45, 2.75) is 242 Å². The normalized spacial score (nSPS) is 41.4. The summed E-state index contributed by atoms with van der Waals surface area (Å²) in [5.41, 5.74) is 6.02. The maximum atomic E-state index is 12.6. The number of aliphatic hydroxyl groups is 10. The van der Waals surface area contributed by atoms with Gasteiger partial charge in [-0.05, 0) is 52.4 Å². The van der Waals surface area contributed by atoms with Crippen molar-refractivity contribution in [2.24, 2.45) is 23.5 Å². The fraction of sp³-hybridized carbons (Fsp3) is 0.745. The summed E-state index contributed by atoms with van der Waals surface area (Å²) in [5, 5.41) is 118. The van der Waals surface area contributed by atoms with Crippen LogP contribution in [0.3, 0.4) is 0 Å². The van der Waals surface area contributed by atoms with Gasteiger partial charge in [0.05, 0.1) is 79.6 Å². The largest absolute Gasteiger partial charge is 0.481 e. The van der Waals surface area contributed by atoms with E-state index in [1.165, 1.54) is 51.5 Å². The van der Waals surface area contributed by atoms with Crippen molar-refractivity contribution in [1.29, 1.82) is 0 Å². The molecule has 18 nitrogen and oxygen atoms in total. The number of nitrogens with two attached hydrogens (primary N) is 1. The van der Waals surface area contributed by atoms with E-state index in [-0.39, 0.29) is 38.0 Å². The van der Waals surface area contributed by atoms with Crippen molar-refractivity contribution in [3.63, 3.8) is 0 Å². The highest BCUT2D eigenvalue weighted by Gasteiger charge is 2.51. The van der Waals surface area contributed by atoms with E-state index in [9.17, 15) is 65.8 Å². The standard InChI is InChI=1S/C47H75NO17.C8H18/c1-27-17-15-13-11-9-7-5-6-8-10-12-14-16-18-34(64-46-44(58)41(48)43(57)30(4)63-46)24-38-40(45(59)60)37(54)26-47(61,65-38)25-36(53)35(52)20-19-31(49)21-32(50)22-33(51)23-39(55)62-29(3)28(2)42(27)56;1-3-5-7-8-6-4-2/h5-6,8,10-18,27-38,40-44,46,49-54,56-58,61H,7,9,19-26,48H2,1-4H3,(H,59,60);3-8H2,1-2H3/b6-5+,10-8+,13-11+,14-12+,17-15+,18-16+;/t27-,28-,29-,30+,31+,32+,33+,34-,35+,36+,37-,38-,40+,41-,42+,43+,44-,46-,47+;/m0./s1. The van der Waals surface area contributed by atoms with Crippen molar-refractivity contribution in [3.05, 3.63) is 72.9 Å². The van der Waals surface area contributed by atoms with Gasteiger partial charge in [0.1, 0.15) is 18.1 Å². The number of allylic oxidation sites excluding steroid dienone is 10. The first-order chi connectivity index (χ1) is 34.5. The summed E-state index contributed by atoms with van der Waals surface area (Å²) in [6, 6.07) is -1.14. The molecular formula is C55H93NO17. The zero-order chi connectivity index (χ0) is 54.7. The molecule has 19 atom stereocenters. The molecule has 420 valence electrons. The predicted molar refractivity (Wildman–Crippen MR) is 276 cm³/mol. The summed E-state index contributed by atoms with van der Waals surface area (Å²) in [7, 11) is 0. The second kappa shape index (κ2) is 35.2. The maximum Gasteiger partial charge on any atom is 0.311 e. The number of rotatable bonds is 8. The quantitative estimate of drug-likeness (QED) is 0.119. The van der Waals surface area contributed by atoms with Gasteiger partial charge in [0.2, 0.25) is 0 Å². The van der Waals surface area contributed by atoms with E-state index in [4.69, 9.17) is 24.7 Å². The van der Waals surface area contributed by atoms with Gasteiger partial charge in [-0.25, -0.2) is 0 Å². The van der Waals surface area contributed by atoms with Gasteiger partial charge in [0, 0.05) is 31.1 Å². The zero-order valence-electron chi connectivity index (χ0n) is 44.1. The average molecular weight is 1040 g/mol. The van der Waals surface area contributed by atoms with Gasteiger partial charge in [0.25, 0.3) is 0 Å². The molecule has 0 unspecified atom stereocenters. The molecule has 0 aromatic rings. The molecule has 2 bridgehead atoms. The molecular weight excluding hydrogens is 947 g/mol. The van der Waals surface area contributed by atoms with Crippen LogP contribution in [-0.2, 0) is 28.5 Å². The zero-order valence-corrected chi connectivity index (χ0v) is 44.1. The molecule has 3 aliphatic heterocycles. The number of aliphatic carboxylic acids is 1. The van der Waals surface area contributed by atoms with Crippen LogP contribution >= 0.6 is 0 Å². The van der Waals surface area contributed by atoms with Crippen LogP contribution in [0.4, 0.5) is 0 Å². The molecule has 73 heavy (non-hydrogen) atoms. The minimum Gasteiger partial charge on any atom is -0.481 e. The van der Waals surface area contributed by atoms with Crippen LogP contribution in [0.2, 0.25) is 0 Å². The number of aliphatic hydroxyl groups excluding tert-OH is 9. The Morgan fingerprint density at radius 3 is 1.85 bits per heavy atom. The minimum atomic E-state index is -2.35. The van der Waals surface area contributed by atoms with E-state index < -0.39 is 141 Å². The molecule has 0 aromatic heterocycles. The fourth-order valence-corrected chi connectivity index (χ4v) is 8.97. The molecule has 2 saturated heterocycles. The molecule has 0 aliphatic carbocycles. The summed E-state index contributed by atoms with van der Waals surface area (Å²) < 4.78 is 23.2. The molecule has 2 fully saturated rings. The lowest BCUT2D eigenvalue weighted by atomic mass is 9.82. The van der Waals surface area contributed by atoms with E-state index in [2.05, 4.69) is 13.8 Å². The van der Waals surface area contributed by atoms with E-state index in [1.54, 1.807) is 38.2 Å². The molecule has 0 aromatic carbocycles. The average Bonchev–Trinajstić information content (AvgIpc) is 3.31. The van der Waals surface area contributed by atoms with Crippen molar-refractivity contribution < 1.29 is 84.7 Å². The van der Waals surface area contributed by atoms with Crippen molar-refractivity contribution in [1.82, 2.24) is 0 Å². The van der Waals surface area contributed by atoms with Crippen LogP contribution in [0.15, 0.2) is 72.9 Å². The summed E-state index contributed by atoms with van der Waals surface area (Å²) in [6.07, 6.45) is 10.8. The predicted octanol–water partition coefficient (Wildman–Crippen LogP) is 4.30. The highest BCUT2D eigenvalue weighted by atomic mass is 16.7. The lowest BCUT2D eigenvalue weighted by Crippen LogP contribution is -2.61. The third-order valence-electron chi connectivity index (χ3n) is 13.7. The number of cyclic esters (lactones) is 1. The number of ether oxygens (including phenoxy) is 4. The lowest BCUT2D eigenvalue weighted by Gasteiger charge is -2.45. The van der Waals surface area contributed by atoms with E-state index >= 15 is 0 Å². The Balaban J connectivity index is 0.00000209. The van der Waals surface area contributed by atoms with Gasteiger partial charge in [-0.3, -0.25) is 9.59 Å². The molecule has 13 N–H and O–H groups in total. The molecule has 0 radical (unpaired) electrons. The number of esters is 1. The SMILES string of the molecule is CCCCCCCC.C[C@@H]1[C@H](O)[C@@H](C)/C=C/C=C/CC/C=C/C=C/C=C/C=C/[C@H](O[C@@H]2O[C@H](C)[C@@H](O)[C@H](N)[C@@H]2O)C[C@@H]2O[C@](O)(C[C@@H](O)[C@H](O)CC[C@@H](O)C[C@@H](O)C[C@@H](O)CC(=O)O[C@H]1C)C[C@H](O)[C@H]2C(=O)O. The number of carbonyl (C=O) groups is 2. The highest BCUT2D eigenvalue weighted by Crippen LogP contribution is 2.38. The van der Waals surface area contributed by atoms with Gasteiger partial charge < -0.3 is 80.9 Å². The second-order valence-corrected chi connectivity index (χ2v) is 20.3. The van der Waals surface area contributed by atoms with Gasteiger partial charge in [-0.1, -0.05) is 139 Å². The molecule has 0 amide bonds. The third kappa shape index (κ3) is 25.0. The number of unbranched alkanes of at least 4 members (excludes halogenated alkanes) is 5. The Kier molecular flexibility index (Phi) is 31.8. The number of carbonyl (C=O) groups excluding carboxylic acids is 1. The molecule has 0 spiro atoms. The number of hydrogen-bond donors (Lipinski definition) is 12. The van der Waals surface area contributed by atoms with Crippen LogP contribution in [0.25, 0.3) is 0 Å². The third-order valence-corrected chi connectivity index (χ3v) is 13.7. The molecule has 3 heterocycles. The molecule has 3 rings (SSSR count). The molecule has 18 heteroatoms. The van der Waals surface area contributed by atoms with Crippen molar-refractivity contribution in [2.75, 3.05) is 0 Å². The molecule has 0 saturated carbocycles. The van der Waals surface area contributed by atoms with Gasteiger partial charge >= 0.3 is 11.9 Å². The summed E-state index contributed by atoms with van der Waals surface area (Å²) in [4.78, 5) is 25.1. The Hall–Kier alpha value is -3.18. The number of fused-ring (bicyclic) bond motifs is 2. The lowest BCUT2D eigenvalue weighted by molar-refractivity contribution is -0.310. The number of hydrogen-bond acceptors (Lipinski definition) is 17. The van der Waals surface area contributed by atoms with Crippen molar-refractivity contribution >= 4 is 11.9 Å². The fourth-order valence-electron chi connectivity index (χ4n) is 8.97. The Morgan fingerprint density at radius 1 is 0.671 bits per heavy atom. The van der Waals surface area contributed by atoms with Crippen LogP contribution in [0.1, 0.15) is 144 Å². The van der Waals surface area contributed by atoms with Gasteiger partial charge in [0.15, 0.2) is 12.1 Å². The second-order valence-electron chi connectivity index (χ2n) is 20.3. The number of carboxylic acid groups (broad SMARTS) is 1. The van der Waals surface area contributed by atoms with Gasteiger partial charge in [-0.2, -0.15) is 0 Å². The monoisotopic (exact) mass is 1040 g/mol. The smallest absolute Gasteiger partial charge is 0.311 e. The van der Waals surface area contributed by atoms with E-state index in [0.717, 1.165) is 12.8 Å². The first-order valence-electron chi connectivity index (χ1n) is 26.5. The number of carboxylic acids is 1. The van der Waals surface area contributed by atoms with Crippen molar-refractivity contribution in [3.8, 4) is 0 Å². The minimum absolute atomic E-state index is 0.138. The van der Waals surface area contributed by atoms with Gasteiger partial charge in [-0.15, -0.1) is 0 Å². The Morgan fingerprint density at radius 2 is 1.23 bits per heavy atom. The van der Waals surface area contributed by atoms with Crippen LogP contribution in [-0.4, -0.2) is 166 Å². The van der Waals surface area contributed by atoms with Crippen LogP contribution in [0.5, 0.6) is 0 Å². The van der Waals surface area contributed by atoms with E-state index in [0.29, 0.717) is 0 Å². The van der Waals surface area contributed by atoms with E-state index in [1.807, 2.05) is 49.5 Å². The summed E-state index contributed by atoms with van der Waals surface area (Å²) in [6.45, 7) is 11.3. The topological polar surface area (TPSA) is 320 Å². The Labute approximate surface area is 433 Å². The Bertz CT molecular complexity index is 1720. The first kappa shape index (κ1) is 65.9. The molecule has 3 aliphatic rings. The maximum absolute atomic E-state index is 12.6.